The van der Waals surface area contributed by atoms with Gasteiger partial charge in [0.25, 0.3) is 0 Å². The van der Waals surface area contributed by atoms with Crippen molar-refractivity contribution in [2.75, 3.05) is 0 Å². The molecule has 0 aliphatic heterocycles. The van der Waals surface area contributed by atoms with Gasteiger partial charge in [-0.1, -0.05) is 6.92 Å². The van der Waals surface area contributed by atoms with E-state index < -0.39 is 10.9 Å². The third kappa shape index (κ3) is 3.02. The molecule has 0 spiro atoms. The maximum atomic E-state index is 11.2. The molecular weight excluding hydrogens is 296 g/mol. The highest BCUT2D eigenvalue weighted by molar-refractivity contribution is 7.99. The van der Waals surface area contributed by atoms with Gasteiger partial charge in [0.05, 0.1) is 10.5 Å². The van der Waals surface area contributed by atoms with Gasteiger partial charge in [-0.2, -0.15) is 5.10 Å². The molecule has 0 saturated heterocycles. The fourth-order valence-corrected chi connectivity index (χ4v) is 2.65. The fourth-order valence-electron chi connectivity index (χ4n) is 1.75. The van der Waals surface area contributed by atoms with Crippen LogP contribution in [0.1, 0.15) is 23.0 Å². The molecule has 8 nitrogen and oxygen atoms in total. The van der Waals surface area contributed by atoms with Gasteiger partial charge in [0.1, 0.15) is 10.7 Å². The van der Waals surface area contributed by atoms with Crippen molar-refractivity contribution < 1.29 is 14.8 Å². The molecule has 0 aromatic carbocycles. The summed E-state index contributed by atoms with van der Waals surface area (Å²) in [4.78, 5) is 25.5. The summed E-state index contributed by atoms with van der Waals surface area (Å²) in [6, 6.07) is 2.91. The van der Waals surface area contributed by atoms with Gasteiger partial charge in [-0.3, -0.25) is 14.8 Å². The molecule has 0 saturated carbocycles. The first-order valence-corrected chi connectivity index (χ1v) is 6.83. The Hall–Kier alpha value is -2.42. The molecule has 9 heteroatoms. The average Bonchev–Trinajstić information content (AvgIpc) is 2.76. The van der Waals surface area contributed by atoms with Crippen LogP contribution in [0.15, 0.2) is 28.4 Å². The van der Waals surface area contributed by atoms with Crippen molar-refractivity contribution in [3.05, 3.63) is 39.7 Å². The van der Waals surface area contributed by atoms with Crippen LogP contribution in [0.4, 0.5) is 5.69 Å². The van der Waals surface area contributed by atoms with E-state index in [0.29, 0.717) is 22.2 Å². The number of aryl methyl sites for hydroxylation is 2. The number of carboxylic acid groups (broad SMARTS) is 1. The lowest BCUT2D eigenvalue weighted by molar-refractivity contribution is -0.388. The number of pyridine rings is 1. The maximum absolute atomic E-state index is 11.2. The summed E-state index contributed by atoms with van der Waals surface area (Å²) < 4.78 is 1.44. The van der Waals surface area contributed by atoms with Crippen LogP contribution in [-0.2, 0) is 13.5 Å². The summed E-state index contributed by atoms with van der Waals surface area (Å²) in [5.74, 6) is -1.07. The summed E-state index contributed by atoms with van der Waals surface area (Å²) in [6.07, 6.45) is 1.67. The number of hydrogen-bond donors (Lipinski definition) is 1. The Bertz CT molecular complexity index is 696. The third-order valence-corrected chi connectivity index (χ3v) is 3.84. The lowest BCUT2D eigenvalue weighted by atomic mass is 10.3. The van der Waals surface area contributed by atoms with Gasteiger partial charge in [-0.15, -0.1) is 0 Å². The van der Waals surface area contributed by atoms with E-state index >= 15 is 0 Å². The Morgan fingerprint density at radius 3 is 2.71 bits per heavy atom. The molecular formula is C12H12N4O4S. The second-order valence-corrected chi connectivity index (χ2v) is 5.14. The van der Waals surface area contributed by atoms with Crippen LogP contribution in [0, 0.1) is 10.1 Å². The largest absolute Gasteiger partial charge is 0.478 e. The second kappa shape index (κ2) is 5.92. The molecule has 2 aromatic rings. The lowest BCUT2D eigenvalue weighted by Crippen LogP contribution is -1.98. The number of nitrogens with zero attached hydrogens (tertiary/aromatic N) is 4. The average molecular weight is 308 g/mol. The first kappa shape index (κ1) is 15.0. The van der Waals surface area contributed by atoms with E-state index in [9.17, 15) is 14.9 Å². The minimum absolute atomic E-state index is 0.0332. The molecule has 0 fully saturated rings. The van der Waals surface area contributed by atoms with Gasteiger partial charge >= 0.3 is 11.7 Å². The molecule has 21 heavy (non-hydrogen) atoms. The van der Waals surface area contributed by atoms with Crippen molar-refractivity contribution in [3.8, 4) is 0 Å². The zero-order chi connectivity index (χ0) is 15.6. The Labute approximate surface area is 124 Å². The standard InChI is InChI=1S/C12H12N4O4S/c1-3-8-10(16(19)20)11(15(2)14-8)21-9-5-4-7(6-13-9)12(17)18/h4-6H,3H2,1-2H3,(H,17,18). The van der Waals surface area contributed by atoms with Crippen LogP contribution < -0.4 is 0 Å². The molecule has 0 radical (unpaired) electrons. The van der Waals surface area contributed by atoms with Gasteiger partial charge in [0, 0.05) is 13.2 Å². The monoisotopic (exact) mass is 308 g/mol. The van der Waals surface area contributed by atoms with Crippen LogP contribution in [0.25, 0.3) is 0 Å². The second-order valence-electron chi connectivity index (χ2n) is 4.13. The topological polar surface area (TPSA) is 111 Å². The smallest absolute Gasteiger partial charge is 0.337 e. The zero-order valence-electron chi connectivity index (χ0n) is 11.3. The highest BCUT2D eigenvalue weighted by Gasteiger charge is 2.26. The van der Waals surface area contributed by atoms with E-state index in [4.69, 9.17) is 5.11 Å². The van der Waals surface area contributed by atoms with Gasteiger partial charge in [0.2, 0.25) is 0 Å². The molecule has 0 bridgehead atoms. The van der Waals surface area contributed by atoms with E-state index in [0.717, 1.165) is 11.8 Å². The number of nitro groups is 1. The molecule has 110 valence electrons. The molecule has 2 heterocycles. The van der Waals surface area contributed by atoms with E-state index in [-0.39, 0.29) is 11.3 Å². The summed E-state index contributed by atoms with van der Waals surface area (Å²) in [5.41, 5.74) is 0.439. The molecule has 0 atom stereocenters. The number of carboxylic acids is 1. The number of rotatable bonds is 5. The van der Waals surface area contributed by atoms with E-state index in [1.807, 2.05) is 0 Å². The Morgan fingerprint density at radius 1 is 1.52 bits per heavy atom. The molecule has 0 aliphatic carbocycles. The number of carbonyl (C=O) groups is 1. The van der Waals surface area contributed by atoms with Crippen LogP contribution >= 0.6 is 11.8 Å². The van der Waals surface area contributed by atoms with Crippen molar-refractivity contribution in [3.63, 3.8) is 0 Å². The van der Waals surface area contributed by atoms with Crippen LogP contribution in [0.2, 0.25) is 0 Å². The molecule has 0 unspecified atom stereocenters. The van der Waals surface area contributed by atoms with Crippen LogP contribution in [-0.4, -0.2) is 30.8 Å². The quantitative estimate of drug-likeness (QED) is 0.665. The van der Waals surface area contributed by atoms with E-state index in [1.165, 1.54) is 23.0 Å². The van der Waals surface area contributed by atoms with Gasteiger partial charge in [-0.05, 0) is 30.3 Å². The van der Waals surface area contributed by atoms with Crippen LogP contribution in [0.5, 0.6) is 0 Å². The fraction of sp³-hybridized carbons (Fsp3) is 0.250. The SMILES string of the molecule is CCc1nn(C)c(Sc2ccc(C(=O)O)cn2)c1[N+](=O)[O-]. The Kier molecular flexibility index (Phi) is 4.22. The van der Waals surface area contributed by atoms with Crippen molar-refractivity contribution >= 4 is 23.4 Å². The number of aromatic carboxylic acids is 1. The minimum Gasteiger partial charge on any atom is -0.478 e. The lowest BCUT2D eigenvalue weighted by Gasteiger charge is -2.01. The molecule has 1 N–H and O–H groups in total. The highest BCUT2D eigenvalue weighted by Crippen LogP contribution is 2.35. The zero-order valence-corrected chi connectivity index (χ0v) is 12.1. The summed E-state index contributed by atoms with van der Waals surface area (Å²) >= 11 is 1.08. The third-order valence-electron chi connectivity index (χ3n) is 2.74. The number of hydrogen-bond acceptors (Lipinski definition) is 6. The van der Waals surface area contributed by atoms with Crippen LogP contribution in [0.3, 0.4) is 0 Å². The van der Waals surface area contributed by atoms with Crippen molar-refractivity contribution in [2.45, 2.75) is 23.4 Å². The molecule has 0 aliphatic rings. The van der Waals surface area contributed by atoms with E-state index in [1.54, 1.807) is 14.0 Å². The van der Waals surface area contributed by atoms with Crippen molar-refractivity contribution in [1.82, 2.24) is 14.8 Å². The van der Waals surface area contributed by atoms with Gasteiger partial charge in [-0.25, -0.2) is 9.78 Å². The van der Waals surface area contributed by atoms with Gasteiger partial charge in [0.15, 0.2) is 5.03 Å². The summed E-state index contributed by atoms with van der Waals surface area (Å²) in [6.45, 7) is 1.80. The predicted molar refractivity (Wildman–Crippen MR) is 74.6 cm³/mol. The minimum atomic E-state index is -1.07. The van der Waals surface area contributed by atoms with E-state index in [2.05, 4.69) is 10.1 Å². The normalized spacial score (nSPS) is 10.6. The first-order valence-electron chi connectivity index (χ1n) is 6.01. The van der Waals surface area contributed by atoms with Crippen molar-refractivity contribution in [1.29, 1.82) is 0 Å². The summed E-state index contributed by atoms with van der Waals surface area (Å²) in [7, 11) is 1.63. The Balaban J connectivity index is 2.37. The highest BCUT2D eigenvalue weighted by atomic mass is 32.2. The summed E-state index contributed by atoms with van der Waals surface area (Å²) in [5, 5.41) is 25.0. The molecule has 2 aromatic heterocycles. The molecule has 0 amide bonds. The first-order chi connectivity index (χ1) is 9.93. The number of aromatic nitrogens is 3. The van der Waals surface area contributed by atoms with Gasteiger partial charge < -0.3 is 5.11 Å². The molecule has 2 rings (SSSR count). The predicted octanol–water partition coefficient (Wildman–Crippen LogP) is 2.14. The maximum Gasteiger partial charge on any atom is 0.337 e. The van der Waals surface area contributed by atoms with Crippen molar-refractivity contribution in [2.24, 2.45) is 7.05 Å². The Morgan fingerprint density at radius 2 is 2.24 bits per heavy atom.